The number of para-hydroxylation sites is 2. The molecule has 1 aliphatic heterocycles. The van der Waals surface area contributed by atoms with Gasteiger partial charge in [0, 0.05) is 63.7 Å². The molecule has 0 atom stereocenters. The number of unbranched alkanes of at least 4 members (excludes halogenated alkanes) is 6. The maximum Gasteiger partial charge on any atom is 0.253 e. The molecule has 0 unspecified atom stereocenters. The summed E-state index contributed by atoms with van der Waals surface area (Å²) in [5.41, 5.74) is 3.22. The van der Waals surface area contributed by atoms with Crippen LogP contribution in [0.15, 0.2) is 42.5 Å². The molecule has 1 aliphatic rings. The Labute approximate surface area is 246 Å². The van der Waals surface area contributed by atoms with Crippen molar-refractivity contribution in [2.75, 3.05) is 68.2 Å². The van der Waals surface area contributed by atoms with Crippen LogP contribution in [-0.2, 0) is 9.53 Å². The van der Waals surface area contributed by atoms with E-state index in [1.165, 1.54) is 32.1 Å². The number of amides is 2. The molecule has 3 rings (SSSR count). The fourth-order valence-electron chi connectivity index (χ4n) is 5.23. The van der Waals surface area contributed by atoms with Crippen LogP contribution in [-0.4, -0.2) is 64.9 Å². The predicted octanol–water partition coefficient (Wildman–Crippen LogP) is 6.26. The number of benzene rings is 2. The van der Waals surface area contributed by atoms with E-state index in [-0.39, 0.29) is 11.8 Å². The summed E-state index contributed by atoms with van der Waals surface area (Å²) >= 11 is 0. The highest BCUT2D eigenvalue weighted by atomic mass is 16.5. The molecular formula is C33H50N4O4. The second-order valence-electron chi connectivity index (χ2n) is 10.6. The predicted molar refractivity (Wildman–Crippen MR) is 169 cm³/mol. The second-order valence-corrected chi connectivity index (χ2v) is 10.6. The van der Waals surface area contributed by atoms with Crippen molar-refractivity contribution >= 4 is 28.9 Å². The Balaban J connectivity index is 1.64. The Bertz CT molecular complexity index is 1070. The average molecular weight is 567 g/mol. The van der Waals surface area contributed by atoms with Gasteiger partial charge in [0.2, 0.25) is 5.91 Å². The van der Waals surface area contributed by atoms with Crippen LogP contribution in [0.2, 0.25) is 0 Å². The van der Waals surface area contributed by atoms with E-state index in [2.05, 4.69) is 33.4 Å². The van der Waals surface area contributed by atoms with E-state index in [0.717, 1.165) is 62.6 Å². The van der Waals surface area contributed by atoms with Crippen molar-refractivity contribution in [3.8, 4) is 5.75 Å². The molecule has 0 radical (unpaired) electrons. The van der Waals surface area contributed by atoms with Gasteiger partial charge in [0.05, 0.1) is 18.4 Å². The molecule has 226 valence electrons. The molecule has 2 aromatic carbocycles. The van der Waals surface area contributed by atoms with Crippen LogP contribution in [0.25, 0.3) is 0 Å². The first-order chi connectivity index (χ1) is 20.1. The number of carbonyl (C=O) groups excluding carboxylic acids is 2. The molecule has 0 aliphatic carbocycles. The highest BCUT2D eigenvalue weighted by molar-refractivity contribution is 6.02. The minimum absolute atomic E-state index is 0.000182. The standard InChI is InChI=1S/C33H50N4O4/c1-4-6-7-8-9-10-11-17-32(38)35-27-18-19-29(28(26-27)33(39)34-20-14-25-41-5-2)36-21-23-37(24-22-36)30-15-12-13-16-31(30)40-3/h12-13,15-16,18-19,26H,4-11,14,17,20-25H2,1-3H3,(H,34,39)(H,35,38). The Morgan fingerprint density at radius 2 is 1.51 bits per heavy atom. The lowest BCUT2D eigenvalue weighted by Gasteiger charge is -2.38. The summed E-state index contributed by atoms with van der Waals surface area (Å²) in [5.74, 6) is 0.733. The lowest BCUT2D eigenvalue weighted by molar-refractivity contribution is -0.116. The van der Waals surface area contributed by atoms with E-state index in [0.29, 0.717) is 37.4 Å². The molecule has 0 spiro atoms. The maximum absolute atomic E-state index is 13.3. The highest BCUT2D eigenvalue weighted by Crippen LogP contribution is 2.31. The quantitative estimate of drug-likeness (QED) is 0.207. The Morgan fingerprint density at radius 1 is 0.829 bits per heavy atom. The van der Waals surface area contributed by atoms with E-state index in [1.54, 1.807) is 7.11 Å². The Morgan fingerprint density at radius 3 is 2.22 bits per heavy atom. The molecule has 1 heterocycles. The van der Waals surface area contributed by atoms with Crippen molar-refractivity contribution in [1.29, 1.82) is 0 Å². The number of hydrogen-bond donors (Lipinski definition) is 2. The number of methoxy groups -OCH3 is 1. The molecule has 2 aromatic rings. The van der Waals surface area contributed by atoms with Gasteiger partial charge in [-0.15, -0.1) is 0 Å². The number of nitrogens with one attached hydrogen (secondary N) is 2. The SMILES string of the molecule is CCCCCCCCCC(=O)Nc1ccc(N2CCN(c3ccccc3OC)CC2)c(C(=O)NCCCOCC)c1. The first-order valence-corrected chi connectivity index (χ1v) is 15.5. The van der Waals surface area contributed by atoms with Crippen LogP contribution in [0.1, 0.15) is 82.0 Å². The Hall–Kier alpha value is -3.26. The lowest BCUT2D eigenvalue weighted by Crippen LogP contribution is -2.47. The van der Waals surface area contributed by atoms with Gasteiger partial charge >= 0.3 is 0 Å². The van der Waals surface area contributed by atoms with Crippen LogP contribution in [0.4, 0.5) is 17.1 Å². The maximum atomic E-state index is 13.3. The van der Waals surface area contributed by atoms with Gasteiger partial charge in [0.15, 0.2) is 0 Å². The molecule has 0 saturated carbocycles. The summed E-state index contributed by atoms with van der Waals surface area (Å²) in [7, 11) is 1.70. The van der Waals surface area contributed by atoms with Crippen molar-refractivity contribution in [2.24, 2.45) is 0 Å². The average Bonchev–Trinajstić information content (AvgIpc) is 3.00. The van der Waals surface area contributed by atoms with E-state index in [1.807, 2.05) is 43.3 Å². The zero-order valence-electron chi connectivity index (χ0n) is 25.4. The molecule has 0 bridgehead atoms. The number of ether oxygens (including phenoxy) is 2. The number of hydrogen-bond acceptors (Lipinski definition) is 6. The molecule has 0 aromatic heterocycles. The van der Waals surface area contributed by atoms with Crippen molar-refractivity contribution in [3.05, 3.63) is 48.0 Å². The summed E-state index contributed by atoms with van der Waals surface area (Å²) < 4.78 is 11.0. The molecule has 8 nitrogen and oxygen atoms in total. The highest BCUT2D eigenvalue weighted by Gasteiger charge is 2.24. The third kappa shape index (κ3) is 10.6. The summed E-state index contributed by atoms with van der Waals surface area (Å²) in [6.45, 7) is 9.17. The van der Waals surface area contributed by atoms with E-state index in [4.69, 9.17) is 9.47 Å². The minimum Gasteiger partial charge on any atom is -0.495 e. The van der Waals surface area contributed by atoms with Gasteiger partial charge in [0.1, 0.15) is 5.75 Å². The second kappa shape index (κ2) is 18.2. The molecule has 41 heavy (non-hydrogen) atoms. The monoisotopic (exact) mass is 566 g/mol. The van der Waals surface area contributed by atoms with Gasteiger partial charge in [-0.3, -0.25) is 9.59 Å². The summed E-state index contributed by atoms with van der Waals surface area (Å²) in [6, 6.07) is 13.8. The zero-order valence-corrected chi connectivity index (χ0v) is 25.4. The van der Waals surface area contributed by atoms with Crippen LogP contribution in [0.3, 0.4) is 0 Å². The first-order valence-electron chi connectivity index (χ1n) is 15.5. The molecule has 2 amide bonds. The van der Waals surface area contributed by atoms with Crippen LogP contribution < -0.4 is 25.2 Å². The molecule has 8 heteroatoms. The fraction of sp³-hybridized carbons (Fsp3) is 0.576. The van der Waals surface area contributed by atoms with Gasteiger partial charge in [0.25, 0.3) is 5.91 Å². The van der Waals surface area contributed by atoms with Crippen molar-refractivity contribution < 1.29 is 19.1 Å². The van der Waals surface area contributed by atoms with E-state index < -0.39 is 0 Å². The number of rotatable bonds is 18. The first kappa shape index (κ1) is 32.3. The number of nitrogens with zero attached hydrogens (tertiary/aromatic N) is 2. The van der Waals surface area contributed by atoms with E-state index in [9.17, 15) is 9.59 Å². The largest absolute Gasteiger partial charge is 0.495 e. The molecule has 2 N–H and O–H groups in total. The van der Waals surface area contributed by atoms with Crippen LogP contribution in [0.5, 0.6) is 5.75 Å². The zero-order chi connectivity index (χ0) is 29.3. The summed E-state index contributed by atoms with van der Waals surface area (Å²) in [5, 5.41) is 6.07. The van der Waals surface area contributed by atoms with Gasteiger partial charge in [-0.25, -0.2) is 0 Å². The lowest BCUT2D eigenvalue weighted by atomic mass is 10.1. The van der Waals surface area contributed by atoms with Gasteiger partial charge in [-0.2, -0.15) is 0 Å². The number of piperazine rings is 1. The van der Waals surface area contributed by atoms with Gasteiger partial charge in [-0.05, 0) is 50.1 Å². The van der Waals surface area contributed by atoms with Crippen molar-refractivity contribution in [3.63, 3.8) is 0 Å². The minimum atomic E-state index is -0.133. The molecule has 1 fully saturated rings. The Kier molecular flexibility index (Phi) is 14.3. The summed E-state index contributed by atoms with van der Waals surface area (Å²) in [4.78, 5) is 30.6. The third-order valence-corrected chi connectivity index (χ3v) is 7.53. The number of carbonyl (C=O) groups is 2. The third-order valence-electron chi connectivity index (χ3n) is 7.53. The van der Waals surface area contributed by atoms with Crippen molar-refractivity contribution in [2.45, 2.75) is 71.6 Å². The smallest absolute Gasteiger partial charge is 0.253 e. The van der Waals surface area contributed by atoms with Crippen molar-refractivity contribution in [1.82, 2.24) is 5.32 Å². The van der Waals surface area contributed by atoms with Gasteiger partial charge < -0.3 is 29.9 Å². The summed E-state index contributed by atoms with van der Waals surface area (Å²) in [6.07, 6.45) is 9.45. The fourth-order valence-corrected chi connectivity index (χ4v) is 5.23. The van der Waals surface area contributed by atoms with Crippen LogP contribution in [0, 0.1) is 0 Å². The molecular weight excluding hydrogens is 516 g/mol. The normalized spacial score (nSPS) is 13.2. The van der Waals surface area contributed by atoms with Crippen LogP contribution >= 0.6 is 0 Å². The molecule has 1 saturated heterocycles. The number of anilines is 3. The van der Waals surface area contributed by atoms with Gasteiger partial charge in [-0.1, -0.05) is 57.6 Å². The topological polar surface area (TPSA) is 83.1 Å². The van der Waals surface area contributed by atoms with E-state index >= 15 is 0 Å².